The molecule has 0 aliphatic heterocycles. The molecule has 0 saturated carbocycles. The van der Waals surface area contributed by atoms with Gasteiger partial charge in [0.2, 0.25) is 0 Å². The Morgan fingerprint density at radius 3 is 2.30 bits per heavy atom. The Kier molecular flexibility index (Phi) is 4.86. The molecule has 0 saturated heterocycles. The van der Waals surface area contributed by atoms with E-state index in [2.05, 4.69) is 0 Å². The third-order valence-electron chi connectivity index (χ3n) is 2.89. The molecule has 2 N–H and O–H groups in total. The molecule has 0 fully saturated rings. The Labute approximate surface area is 130 Å². The van der Waals surface area contributed by atoms with Crippen LogP contribution in [0.3, 0.4) is 0 Å². The first-order chi connectivity index (χ1) is 9.38. The van der Waals surface area contributed by atoms with Crippen LogP contribution in [0.4, 0.5) is 8.78 Å². The number of halogens is 5. The minimum Gasteiger partial charge on any atom is -0.324 e. The van der Waals surface area contributed by atoms with Gasteiger partial charge in [0.1, 0.15) is 11.6 Å². The van der Waals surface area contributed by atoms with Crippen molar-refractivity contribution in [3.05, 3.63) is 68.2 Å². The van der Waals surface area contributed by atoms with Crippen LogP contribution in [0.25, 0.3) is 0 Å². The first-order valence-corrected chi connectivity index (χ1v) is 6.86. The Balaban J connectivity index is 2.28. The average molecular weight is 337 g/mol. The third-order valence-corrected chi connectivity index (χ3v) is 3.77. The van der Waals surface area contributed by atoms with Crippen molar-refractivity contribution >= 4 is 34.8 Å². The van der Waals surface area contributed by atoms with E-state index in [1.54, 1.807) is 18.2 Å². The highest BCUT2D eigenvalue weighted by atomic mass is 35.5. The second-order valence-electron chi connectivity index (χ2n) is 4.33. The summed E-state index contributed by atoms with van der Waals surface area (Å²) in [5.74, 6) is -1.35. The van der Waals surface area contributed by atoms with Crippen LogP contribution in [-0.4, -0.2) is 0 Å². The van der Waals surface area contributed by atoms with Crippen LogP contribution in [-0.2, 0) is 6.42 Å². The molecule has 20 heavy (non-hydrogen) atoms. The Morgan fingerprint density at radius 1 is 0.950 bits per heavy atom. The van der Waals surface area contributed by atoms with Crippen molar-refractivity contribution in [2.24, 2.45) is 5.73 Å². The number of hydrogen-bond acceptors (Lipinski definition) is 1. The van der Waals surface area contributed by atoms with Gasteiger partial charge in [-0.3, -0.25) is 0 Å². The molecule has 2 aromatic rings. The van der Waals surface area contributed by atoms with Crippen molar-refractivity contribution in [3.63, 3.8) is 0 Å². The maximum atomic E-state index is 13.8. The molecular weight excluding hydrogens is 327 g/mol. The lowest BCUT2D eigenvalue weighted by Crippen LogP contribution is -2.15. The molecule has 6 heteroatoms. The topological polar surface area (TPSA) is 26.0 Å². The zero-order valence-electron chi connectivity index (χ0n) is 10.1. The number of hydrogen-bond donors (Lipinski definition) is 1. The van der Waals surface area contributed by atoms with Gasteiger partial charge in [-0.05, 0) is 36.2 Å². The monoisotopic (exact) mass is 335 g/mol. The van der Waals surface area contributed by atoms with Gasteiger partial charge in [0.05, 0.1) is 5.02 Å². The quantitative estimate of drug-likeness (QED) is 0.769. The van der Waals surface area contributed by atoms with Crippen LogP contribution in [0, 0.1) is 11.6 Å². The van der Waals surface area contributed by atoms with Crippen LogP contribution >= 0.6 is 34.8 Å². The van der Waals surface area contributed by atoms with E-state index in [4.69, 9.17) is 40.5 Å². The first kappa shape index (κ1) is 15.5. The van der Waals surface area contributed by atoms with Crippen molar-refractivity contribution in [1.82, 2.24) is 0 Å². The van der Waals surface area contributed by atoms with Crippen molar-refractivity contribution in [2.75, 3.05) is 0 Å². The summed E-state index contributed by atoms with van der Waals surface area (Å²) in [4.78, 5) is 0. The maximum Gasteiger partial charge on any atom is 0.142 e. The molecule has 0 spiro atoms. The lowest BCUT2D eigenvalue weighted by molar-refractivity contribution is 0.561. The molecule has 0 bridgehead atoms. The van der Waals surface area contributed by atoms with Gasteiger partial charge >= 0.3 is 0 Å². The Hall–Kier alpha value is -0.870. The summed E-state index contributed by atoms with van der Waals surface area (Å²) in [5.41, 5.74) is 6.67. The van der Waals surface area contributed by atoms with E-state index in [-0.39, 0.29) is 17.0 Å². The molecule has 0 aliphatic carbocycles. The normalized spacial score (nSPS) is 12.5. The molecule has 106 valence electrons. The van der Waals surface area contributed by atoms with E-state index in [1.165, 1.54) is 0 Å². The fourth-order valence-corrected chi connectivity index (χ4v) is 2.49. The highest BCUT2D eigenvalue weighted by Crippen LogP contribution is 2.28. The number of nitrogens with two attached hydrogens (primary N) is 1. The lowest BCUT2D eigenvalue weighted by Gasteiger charge is -2.15. The third kappa shape index (κ3) is 3.41. The largest absolute Gasteiger partial charge is 0.324 e. The summed E-state index contributed by atoms with van der Waals surface area (Å²) < 4.78 is 27.2. The predicted octanol–water partition coefficient (Wildman–Crippen LogP) is 5.17. The highest BCUT2D eigenvalue weighted by molar-refractivity contribution is 6.35. The van der Waals surface area contributed by atoms with Gasteiger partial charge in [-0.25, -0.2) is 8.78 Å². The van der Waals surface area contributed by atoms with Gasteiger partial charge in [-0.2, -0.15) is 0 Å². The van der Waals surface area contributed by atoms with Crippen molar-refractivity contribution in [1.29, 1.82) is 0 Å². The zero-order chi connectivity index (χ0) is 14.9. The average Bonchev–Trinajstić information content (AvgIpc) is 2.37. The minimum atomic E-state index is -0.736. The second-order valence-corrected chi connectivity index (χ2v) is 5.59. The molecule has 1 unspecified atom stereocenters. The van der Waals surface area contributed by atoms with Gasteiger partial charge in [-0.15, -0.1) is 0 Å². The van der Waals surface area contributed by atoms with E-state index in [0.717, 1.165) is 12.1 Å². The fourth-order valence-electron chi connectivity index (χ4n) is 1.86. The van der Waals surface area contributed by atoms with Gasteiger partial charge in [0.25, 0.3) is 0 Å². The van der Waals surface area contributed by atoms with Gasteiger partial charge < -0.3 is 5.73 Å². The SMILES string of the molecule is NC(Cc1ccc(Cl)cc1Cl)c1cc(F)c(Cl)cc1F. The van der Waals surface area contributed by atoms with E-state index in [0.29, 0.717) is 15.6 Å². The summed E-state index contributed by atoms with van der Waals surface area (Å²) >= 11 is 17.3. The first-order valence-electron chi connectivity index (χ1n) is 5.72. The Morgan fingerprint density at radius 2 is 1.65 bits per heavy atom. The Bertz CT molecular complexity index is 647. The summed E-state index contributed by atoms with van der Waals surface area (Å²) in [6.45, 7) is 0. The smallest absolute Gasteiger partial charge is 0.142 e. The van der Waals surface area contributed by atoms with Crippen LogP contribution in [0.1, 0.15) is 17.2 Å². The lowest BCUT2D eigenvalue weighted by atomic mass is 9.99. The van der Waals surface area contributed by atoms with Crippen LogP contribution < -0.4 is 5.73 Å². The molecule has 2 rings (SSSR count). The summed E-state index contributed by atoms with van der Waals surface area (Å²) in [6.07, 6.45) is 0.258. The van der Waals surface area contributed by atoms with E-state index < -0.39 is 17.7 Å². The molecule has 0 heterocycles. The molecule has 1 atom stereocenters. The predicted molar refractivity (Wildman–Crippen MR) is 78.5 cm³/mol. The van der Waals surface area contributed by atoms with Gasteiger partial charge in [0, 0.05) is 21.7 Å². The number of rotatable bonds is 3. The van der Waals surface area contributed by atoms with Crippen molar-refractivity contribution in [2.45, 2.75) is 12.5 Å². The van der Waals surface area contributed by atoms with Crippen LogP contribution in [0.2, 0.25) is 15.1 Å². The highest BCUT2D eigenvalue weighted by Gasteiger charge is 2.16. The van der Waals surface area contributed by atoms with E-state index in [1.807, 2.05) is 0 Å². The summed E-state index contributed by atoms with van der Waals surface area (Å²) in [7, 11) is 0. The second kappa shape index (κ2) is 6.27. The fraction of sp³-hybridized carbons (Fsp3) is 0.143. The van der Waals surface area contributed by atoms with E-state index in [9.17, 15) is 8.78 Å². The minimum absolute atomic E-state index is 0.0536. The standard InChI is InChI=1S/C14H10Cl3F2N/c15-8-2-1-7(10(16)4-8)3-14(20)9-5-13(19)11(17)6-12(9)18/h1-2,4-6,14H,3,20H2. The summed E-state index contributed by atoms with van der Waals surface area (Å²) in [5, 5.41) is 0.654. The zero-order valence-corrected chi connectivity index (χ0v) is 12.4. The molecular formula is C14H10Cl3F2N. The van der Waals surface area contributed by atoms with Crippen LogP contribution in [0.5, 0.6) is 0 Å². The van der Waals surface area contributed by atoms with Gasteiger partial charge in [0.15, 0.2) is 0 Å². The van der Waals surface area contributed by atoms with Gasteiger partial charge in [-0.1, -0.05) is 40.9 Å². The molecule has 0 aromatic heterocycles. The summed E-state index contributed by atoms with van der Waals surface area (Å²) in [6, 6.07) is 6.12. The van der Waals surface area contributed by atoms with Crippen molar-refractivity contribution < 1.29 is 8.78 Å². The molecule has 0 amide bonds. The van der Waals surface area contributed by atoms with Crippen molar-refractivity contribution in [3.8, 4) is 0 Å². The molecule has 0 aliphatic rings. The molecule has 1 nitrogen and oxygen atoms in total. The van der Waals surface area contributed by atoms with E-state index >= 15 is 0 Å². The molecule has 0 radical (unpaired) electrons. The van der Waals surface area contributed by atoms with Crippen LogP contribution in [0.15, 0.2) is 30.3 Å². The number of benzene rings is 2. The maximum absolute atomic E-state index is 13.8. The molecule has 2 aromatic carbocycles.